The van der Waals surface area contributed by atoms with Crippen LogP contribution in [0.25, 0.3) is 22.3 Å². The van der Waals surface area contributed by atoms with Crippen LogP contribution in [0.5, 0.6) is 0 Å². The third-order valence-electron chi connectivity index (χ3n) is 3.69. The molecule has 0 saturated heterocycles. The molecule has 0 amide bonds. The molecule has 0 aliphatic carbocycles. The van der Waals surface area contributed by atoms with Gasteiger partial charge in [0.15, 0.2) is 0 Å². The molecule has 2 atom stereocenters. The van der Waals surface area contributed by atoms with Crippen LogP contribution in [0.1, 0.15) is 26.3 Å². The Kier molecular flexibility index (Phi) is 4.37. The SMILES string of the molecule is CC(CC(C)n1cc(-c2ncnc3[nH]ccc23)cn1)OS(C)(=O)=O. The van der Waals surface area contributed by atoms with Crippen LogP contribution in [0.15, 0.2) is 31.0 Å². The Morgan fingerprint density at radius 3 is 2.88 bits per heavy atom. The fourth-order valence-electron chi connectivity index (χ4n) is 2.73. The molecule has 0 bridgehead atoms. The van der Waals surface area contributed by atoms with Crippen molar-refractivity contribution in [2.45, 2.75) is 32.4 Å². The maximum atomic E-state index is 11.2. The molecule has 0 aliphatic heterocycles. The highest BCUT2D eigenvalue weighted by atomic mass is 32.2. The Hall–Kier alpha value is -2.26. The molecule has 0 spiro atoms. The van der Waals surface area contributed by atoms with Crippen molar-refractivity contribution in [2.24, 2.45) is 0 Å². The number of hydrogen-bond acceptors (Lipinski definition) is 6. The van der Waals surface area contributed by atoms with Gasteiger partial charge in [0.25, 0.3) is 10.1 Å². The van der Waals surface area contributed by atoms with Gasteiger partial charge in [-0.3, -0.25) is 8.86 Å². The number of rotatable bonds is 6. The maximum Gasteiger partial charge on any atom is 0.264 e. The summed E-state index contributed by atoms with van der Waals surface area (Å²) in [5.41, 5.74) is 2.46. The first kappa shape index (κ1) is 16.6. The molecule has 3 aromatic rings. The quantitative estimate of drug-likeness (QED) is 0.684. The molecule has 24 heavy (non-hydrogen) atoms. The van der Waals surface area contributed by atoms with E-state index in [1.165, 1.54) is 6.33 Å². The van der Waals surface area contributed by atoms with Crippen LogP contribution in [0.4, 0.5) is 0 Å². The topological polar surface area (TPSA) is 103 Å². The summed E-state index contributed by atoms with van der Waals surface area (Å²) in [6, 6.07) is 1.91. The summed E-state index contributed by atoms with van der Waals surface area (Å²) in [5.74, 6) is 0. The molecule has 3 rings (SSSR count). The van der Waals surface area contributed by atoms with Gasteiger partial charge in [0.2, 0.25) is 0 Å². The molecule has 0 aromatic carbocycles. The molecular formula is C15H19N5O3S. The lowest BCUT2D eigenvalue weighted by atomic mass is 10.1. The van der Waals surface area contributed by atoms with Gasteiger partial charge in [0.05, 0.1) is 30.3 Å². The number of nitrogens with zero attached hydrogens (tertiary/aromatic N) is 4. The highest BCUT2D eigenvalue weighted by Gasteiger charge is 2.17. The summed E-state index contributed by atoms with van der Waals surface area (Å²) in [6.07, 6.45) is 8.13. The smallest absolute Gasteiger partial charge is 0.264 e. The second-order valence-corrected chi connectivity index (χ2v) is 7.47. The second kappa shape index (κ2) is 6.33. The highest BCUT2D eigenvalue weighted by Crippen LogP contribution is 2.25. The van der Waals surface area contributed by atoms with Crippen LogP contribution in [-0.2, 0) is 14.3 Å². The van der Waals surface area contributed by atoms with Crippen molar-refractivity contribution in [1.29, 1.82) is 0 Å². The average Bonchev–Trinajstić information content (AvgIpc) is 3.14. The van der Waals surface area contributed by atoms with Crippen LogP contribution >= 0.6 is 0 Å². The van der Waals surface area contributed by atoms with Crippen molar-refractivity contribution in [3.8, 4) is 11.3 Å². The molecule has 2 unspecified atom stereocenters. The van der Waals surface area contributed by atoms with Crippen LogP contribution in [0.3, 0.4) is 0 Å². The van der Waals surface area contributed by atoms with E-state index in [0.29, 0.717) is 6.42 Å². The number of fused-ring (bicyclic) bond motifs is 1. The molecule has 3 heterocycles. The molecule has 0 fully saturated rings. The van der Waals surface area contributed by atoms with Gasteiger partial charge < -0.3 is 4.98 Å². The van der Waals surface area contributed by atoms with Gasteiger partial charge in [-0.05, 0) is 26.3 Å². The van der Waals surface area contributed by atoms with Gasteiger partial charge >= 0.3 is 0 Å². The first-order valence-electron chi connectivity index (χ1n) is 7.54. The molecule has 0 aliphatic rings. The Morgan fingerprint density at radius 2 is 2.12 bits per heavy atom. The molecular weight excluding hydrogens is 330 g/mol. The number of hydrogen-bond donors (Lipinski definition) is 1. The van der Waals surface area contributed by atoms with Crippen molar-refractivity contribution in [1.82, 2.24) is 24.7 Å². The van der Waals surface area contributed by atoms with Crippen LogP contribution < -0.4 is 0 Å². The van der Waals surface area contributed by atoms with Crippen molar-refractivity contribution in [3.05, 3.63) is 31.0 Å². The monoisotopic (exact) mass is 349 g/mol. The summed E-state index contributed by atoms with van der Waals surface area (Å²) in [4.78, 5) is 11.6. The van der Waals surface area contributed by atoms with Crippen molar-refractivity contribution in [2.75, 3.05) is 6.26 Å². The van der Waals surface area contributed by atoms with E-state index in [1.54, 1.807) is 17.8 Å². The zero-order valence-electron chi connectivity index (χ0n) is 13.7. The van der Waals surface area contributed by atoms with Crippen molar-refractivity contribution in [3.63, 3.8) is 0 Å². The predicted molar refractivity (Wildman–Crippen MR) is 89.8 cm³/mol. The third-order valence-corrected chi connectivity index (χ3v) is 4.37. The van der Waals surface area contributed by atoms with E-state index < -0.39 is 16.2 Å². The van der Waals surface area contributed by atoms with E-state index in [9.17, 15) is 8.42 Å². The first-order valence-corrected chi connectivity index (χ1v) is 9.36. The number of H-pyrrole nitrogens is 1. The van der Waals surface area contributed by atoms with Crippen LogP contribution in [0, 0.1) is 0 Å². The normalized spacial score (nSPS) is 14.8. The number of aromatic amines is 1. The zero-order valence-corrected chi connectivity index (χ0v) is 14.5. The molecule has 8 nitrogen and oxygen atoms in total. The Balaban J connectivity index is 1.79. The van der Waals surface area contributed by atoms with Gasteiger partial charge in [-0.2, -0.15) is 13.5 Å². The van der Waals surface area contributed by atoms with E-state index in [1.807, 2.05) is 25.4 Å². The van der Waals surface area contributed by atoms with Gasteiger partial charge in [-0.25, -0.2) is 9.97 Å². The van der Waals surface area contributed by atoms with Gasteiger partial charge in [-0.15, -0.1) is 0 Å². The number of aromatic nitrogens is 5. The highest BCUT2D eigenvalue weighted by molar-refractivity contribution is 7.86. The standard InChI is InChI=1S/C15H19N5O3S/c1-10(6-11(2)23-24(3,21)22)20-8-12(7-19-20)14-13-4-5-16-15(13)18-9-17-14/h4-5,7-11H,6H2,1-3H3,(H,16,17,18). The minimum Gasteiger partial charge on any atom is -0.346 e. The average molecular weight is 349 g/mol. The summed E-state index contributed by atoms with van der Waals surface area (Å²) < 4.78 is 29.1. The lowest BCUT2D eigenvalue weighted by Gasteiger charge is -2.17. The lowest BCUT2D eigenvalue weighted by Crippen LogP contribution is -2.19. The van der Waals surface area contributed by atoms with E-state index in [-0.39, 0.29) is 6.04 Å². The van der Waals surface area contributed by atoms with Crippen molar-refractivity contribution >= 4 is 21.2 Å². The lowest BCUT2D eigenvalue weighted by molar-refractivity contribution is 0.196. The maximum absolute atomic E-state index is 11.2. The Labute approximate surface area is 140 Å². The van der Waals surface area contributed by atoms with E-state index in [0.717, 1.165) is 28.5 Å². The Bertz CT molecular complexity index is 947. The first-order chi connectivity index (χ1) is 11.3. The van der Waals surface area contributed by atoms with Crippen LogP contribution in [0.2, 0.25) is 0 Å². The second-order valence-electron chi connectivity index (χ2n) is 5.87. The zero-order chi connectivity index (χ0) is 17.3. The fraction of sp³-hybridized carbons (Fsp3) is 0.400. The summed E-state index contributed by atoms with van der Waals surface area (Å²) in [5, 5.41) is 5.30. The minimum atomic E-state index is -3.46. The molecule has 0 saturated carbocycles. The molecule has 0 radical (unpaired) electrons. The largest absolute Gasteiger partial charge is 0.346 e. The van der Waals surface area contributed by atoms with Crippen molar-refractivity contribution < 1.29 is 12.6 Å². The van der Waals surface area contributed by atoms with E-state index in [4.69, 9.17) is 4.18 Å². The summed E-state index contributed by atoms with van der Waals surface area (Å²) in [6.45, 7) is 3.69. The molecule has 9 heteroatoms. The van der Waals surface area contributed by atoms with Gasteiger partial charge in [0, 0.05) is 23.3 Å². The molecule has 3 aromatic heterocycles. The molecule has 1 N–H and O–H groups in total. The summed E-state index contributed by atoms with van der Waals surface area (Å²) >= 11 is 0. The predicted octanol–water partition coefficient (Wildman–Crippen LogP) is 2.14. The minimum absolute atomic E-state index is 0.0148. The Morgan fingerprint density at radius 1 is 1.33 bits per heavy atom. The van der Waals surface area contributed by atoms with E-state index in [2.05, 4.69) is 20.1 Å². The third kappa shape index (κ3) is 3.62. The van der Waals surface area contributed by atoms with Crippen LogP contribution in [-0.4, -0.2) is 45.5 Å². The van der Waals surface area contributed by atoms with Gasteiger partial charge in [0.1, 0.15) is 12.0 Å². The number of nitrogens with one attached hydrogen (secondary N) is 1. The van der Waals surface area contributed by atoms with Gasteiger partial charge in [-0.1, -0.05) is 0 Å². The fourth-order valence-corrected chi connectivity index (χ4v) is 3.41. The summed E-state index contributed by atoms with van der Waals surface area (Å²) in [7, 11) is -3.46. The molecule has 128 valence electrons. The van der Waals surface area contributed by atoms with E-state index >= 15 is 0 Å².